The Morgan fingerprint density at radius 3 is 2.53 bits per heavy atom. The van der Waals surface area contributed by atoms with Crippen molar-refractivity contribution in [3.63, 3.8) is 0 Å². The highest BCUT2D eigenvalue weighted by atomic mass is 32.1. The molecule has 0 aliphatic heterocycles. The highest BCUT2D eigenvalue weighted by Gasteiger charge is 2.19. The van der Waals surface area contributed by atoms with E-state index in [9.17, 15) is 4.79 Å². The first-order valence-corrected chi connectivity index (χ1v) is 12.0. The van der Waals surface area contributed by atoms with Crippen LogP contribution in [0.5, 0.6) is 0 Å². The van der Waals surface area contributed by atoms with Crippen molar-refractivity contribution in [3.05, 3.63) is 77.7 Å². The third-order valence-electron chi connectivity index (χ3n) is 5.72. The minimum atomic E-state index is -0.0726. The van der Waals surface area contributed by atoms with Crippen LogP contribution < -0.4 is 5.32 Å². The van der Waals surface area contributed by atoms with Crippen molar-refractivity contribution in [2.24, 2.45) is 7.05 Å². The number of hydrogen-bond acceptors (Lipinski definition) is 5. The van der Waals surface area contributed by atoms with Crippen LogP contribution in [0.3, 0.4) is 0 Å². The lowest BCUT2D eigenvalue weighted by molar-refractivity contribution is -0.115. The number of thiazole rings is 1. The Balaban J connectivity index is 1.30. The quantitative estimate of drug-likeness (QED) is 0.376. The van der Waals surface area contributed by atoms with Crippen molar-refractivity contribution in [1.82, 2.24) is 24.1 Å². The van der Waals surface area contributed by atoms with E-state index in [1.54, 1.807) is 16.0 Å². The van der Waals surface area contributed by atoms with Crippen molar-refractivity contribution in [3.8, 4) is 21.8 Å². The summed E-state index contributed by atoms with van der Waals surface area (Å²) in [7, 11) is 1.84. The lowest BCUT2D eigenvalue weighted by atomic mass is 9.92. The lowest BCUT2D eigenvalue weighted by Gasteiger charge is -2.13. The first-order chi connectivity index (χ1) is 16.3. The van der Waals surface area contributed by atoms with E-state index < -0.39 is 0 Å². The lowest BCUT2D eigenvalue weighted by Crippen LogP contribution is -2.16. The summed E-state index contributed by atoms with van der Waals surface area (Å²) in [6.45, 7) is 6.31. The first-order valence-electron chi connectivity index (χ1n) is 11.1. The fourth-order valence-corrected chi connectivity index (χ4v) is 4.45. The van der Waals surface area contributed by atoms with Gasteiger partial charge in [0, 0.05) is 47.4 Å². The van der Waals surface area contributed by atoms with Crippen LogP contribution >= 0.6 is 11.3 Å². The van der Waals surface area contributed by atoms with E-state index in [-0.39, 0.29) is 11.3 Å². The summed E-state index contributed by atoms with van der Waals surface area (Å²) < 4.78 is 3.78. The summed E-state index contributed by atoms with van der Waals surface area (Å²) in [5.74, 6) is 0.634. The fraction of sp³-hybridized carbons (Fsp3) is 0.231. The molecule has 0 unspecified atom stereocenters. The van der Waals surface area contributed by atoms with Crippen LogP contribution in [0.4, 0.5) is 5.82 Å². The number of aryl methyl sites for hydroxylation is 1. The number of carbonyl (C=O) groups is 1. The molecule has 0 radical (unpaired) electrons. The van der Waals surface area contributed by atoms with Crippen LogP contribution in [-0.2, 0) is 23.7 Å². The number of aromatic nitrogens is 5. The molecule has 1 N–H and O–H groups in total. The molecule has 0 saturated carbocycles. The minimum absolute atomic E-state index is 0.0688. The Morgan fingerprint density at radius 2 is 1.85 bits per heavy atom. The number of amides is 1. The van der Waals surface area contributed by atoms with Gasteiger partial charge in [-0.3, -0.25) is 13.9 Å². The van der Waals surface area contributed by atoms with E-state index in [1.807, 2.05) is 67.4 Å². The maximum Gasteiger partial charge on any atom is 0.229 e. The molecule has 0 aliphatic rings. The molecule has 0 spiro atoms. The van der Waals surface area contributed by atoms with E-state index in [4.69, 9.17) is 0 Å². The van der Waals surface area contributed by atoms with Gasteiger partial charge in [0.15, 0.2) is 0 Å². The number of nitrogens with one attached hydrogen (secondary N) is 1. The molecular weight excluding hydrogens is 444 g/mol. The van der Waals surface area contributed by atoms with Crippen LogP contribution in [0.1, 0.15) is 32.0 Å². The average molecular weight is 471 g/mol. The first kappa shape index (κ1) is 22.0. The SMILES string of the molecule is Cn1nc(C(C)(C)C)cc1NC(=O)Cc1ccc(-c2cnc3cc(-c4nccs4)ccn23)cc1. The Morgan fingerprint density at radius 1 is 1.06 bits per heavy atom. The summed E-state index contributed by atoms with van der Waals surface area (Å²) in [6, 6.07) is 14.1. The smallest absolute Gasteiger partial charge is 0.229 e. The second kappa shape index (κ2) is 8.53. The summed E-state index contributed by atoms with van der Waals surface area (Å²) in [5.41, 5.74) is 5.79. The van der Waals surface area contributed by atoms with E-state index in [0.717, 1.165) is 38.7 Å². The van der Waals surface area contributed by atoms with Crippen LogP contribution in [0.15, 0.2) is 66.4 Å². The van der Waals surface area contributed by atoms with Crippen molar-refractivity contribution in [2.45, 2.75) is 32.6 Å². The number of fused-ring (bicyclic) bond motifs is 1. The van der Waals surface area contributed by atoms with Gasteiger partial charge in [-0.15, -0.1) is 11.3 Å². The molecule has 5 aromatic rings. The monoisotopic (exact) mass is 470 g/mol. The summed E-state index contributed by atoms with van der Waals surface area (Å²) in [5, 5.41) is 10.4. The van der Waals surface area contributed by atoms with Gasteiger partial charge in [0.1, 0.15) is 16.5 Å². The van der Waals surface area contributed by atoms with Gasteiger partial charge in [-0.1, -0.05) is 45.0 Å². The topological polar surface area (TPSA) is 77.1 Å². The molecule has 1 amide bonds. The zero-order chi connectivity index (χ0) is 23.9. The van der Waals surface area contributed by atoms with Gasteiger partial charge in [0.05, 0.1) is 24.0 Å². The number of nitrogens with zero attached hydrogens (tertiary/aromatic N) is 5. The fourth-order valence-electron chi connectivity index (χ4n) is 3.81. The molecular formula is C26H26N6OS. The van der Waals surface area contributed by atoms with E-state index in [2.05, 4.69) is 51.6 Å². The molecule has 0 atom stereocenters. The number of carbonyl (C=O) groups excluding carboxylic acids is 1. The van der Waals surface area contributed by atoms with Crippen LogP contribution in [-0.4, -0.2) is 30.1 Å². The van der Waals surface area contributed by atoms with Gasteiger partial charge in [-0.2, -0.15) is 5.10 Å². The predicted octanol–water partition coefficient (Wildman–Crippen LogP) is 5.34. The number of rotatable bonds is 5. The maximum atomic E-state index is 12.6. The van der Waals surface area contributed by atoms with Gasteiger partial charge in [-0.05, 0) is 17.7 Å². The largest absolute Gasteiger partial charge is 0.311 e. The molecule has 0 bridgehead atoms. The van der Waals surface area contributed by atoms with E-state index in [1.165, 1.54) is 0 Å². The van der Waals surface area contributed by atoms with Crippen LogP contribution in [0, 0.1) is 0 Å². The molecule has 0 fully saturated rings. The number of imidazole rings is 1. The molecule has 7 nitrogen and oxygen atoms in total. The van der Waals surface area contributed by atoms with Crippen molar-refractivity contribution in [2.75, 3.05) is 5.32 Å². The highest BCUT2D eigenvalue weighted by molar-refractivity contribution is 7.13. The Hall–Kier alpha value is -3.78. The number of benzene rings is 1. The van der Waals surface area contributed by atoms with Crippen molar-refractivity contribution < 1.29 is 4.79 Å². The van der Waals surface area contributed by atoms with Gasteiger partial charge in [0.25, 0.3) is 0 Å². The summed E-state index contributed by atoms with van der Waals surface area (Å²) >= 11 is 1.61. The Bertz CT molecular complexity index is 1460. The van der Waals surface area contributed by atoms with Crippen LogP contribution in [0.2, 0.25) is 0 Å². The van der Waals surface area contributed by atoms with E-state index >= 15 is 0 Å². The molecule has 0 saturated heterocycles. The third kappa shape index (κ3) is 4.36. The number of pyridine rings is 1. The second-order valence-electron chi connectivity index (χ2n) is 9.33. The molecule has 172 valence electrons. The van der Waals surface area contributed by atoms with Crippen LogP contribution in [0.25, 0.3) is 27.5 Å². The van der Waals surface area contributed by atoms with Gasteiger partial charge < -0.3 is 5.32 Å². The molecule has 8 heteroatoms. The van der Waals surface area contributed by atoms with Crippen molar-refractivity contribution in [1.29, 1.82) is 0 Å². The molecule has 1 aromatic carbocycles. The normalized spacial score (nSPS) is 11.8. The van der Waals surface area contributed by atoms with Gasteiger partial charge in [0.2, 0.25) is 5.91 Å². The second-order valence-corrected chi connectivity index (χ2v) is 10.2. The third-order valence-corrected chi connectivity index (χ3v) is 6.54. The Kier molecular flexibility index (Phi) is 5.53. The average Bonchev–Trinajstić information content (AvgIpc) is 3.54. The molecule has 34 heavy (non-hydrogen) atoms. The Labute approximate surface area is 202 Å². The molecule has 0 aliphatic carbocycles. The van der Waals surface area contributed by atoms with Gasteiger partial charge in [-0.25, -0.2) is 9.97 Å². The molecule has 5 rings (SSSR count). The number of anilines is 1. The highest BCUT2D eigenvalue weighted by Crippen LogP contribution is 2.27. The van der Waals surface area contributed by atoms with Crippen molar-refractivity contribution >= 4 is 28.7 Å². The summed E-state index contributed by atoms with van der Waals surface area (Å²) in [6.07, 6.45) is 6.00. The number of hydrogen-bond donors (Lipinski definition) is 1. The van der Waals surface area contributed by atoms with E-state index in [0.29, 0.717) is 12.2 Å². The van der Waals surface area contributed by atoms with Gasteiger partial charge >= 0.3 is 0 Å². The zero-order valence-electron chi connectivity index (χ0n) is 19.6. The maximum absolute atomic E-state index is 12.6. The summed E-state index contributed by atoms with van der Waals surface area (Å²) in [4.78, 5) is 21.6. The minimum Gasteiger partial charge on any atom is -0.311 e. The molecule has 4 aromatic heterocycles. The molecule has 4 heterocycles. The zero-order valence-corrected chi connectivity index (χ0v) is 20.4. The standard InChI is InChI=1S/C26H26N6OS/c1-26(2,3)21-15-23(31(4)30-21)29-24(33)13-17-5-7-18(8-6-17)20-16-28-22-14-19(9-11-32(20)22)25-27-10-12-34-25/h5-12,14-16H,13H2,1-4H3,(H,29,33). The predicted molar refractivity (Wildman–Crippen MR) is 136 cm³/mol.